The highest BCUT2D eigenvalue weighted by atomic mass is 16.6. The van der Waals surface area contributed by atoms with Gasteiger partial charge in [-0.1, -0.05) is 49.6 Å². The van der Waals surface area contributed by atoms with Crippen molar-refractivity contribution in [3.05, 3.63) is 35.9 Å². The van der Waals surface area contributed by atoms with E-state index in [4.69, 9.17) is 9.47 Å². The molecule has 2 unspecified atom stereocenters. The molecule has 1 aromatic carbocycles. The molecule has 3 rings (SSSR count). The lowest BCUT2D eigenvalue weighted by Crippen LogP contribution is -2.45. The number of carbonyl (C=O) groups excluding carboxylic acids is 2. The number of hydrogen-bond acceptors (Lipinski definition) is 4. The summed E-state index contributed by atoms with van der Waals surface area (Å²) in [5.74, 6) is -0.396. The number of carbonyl (C=O) groups is 2. The molecule has 0 heterocycles. The van der Waals surface area contributed by atoms with Gasteiger partial charge in [0, 0.05) is 0 Å². The zero-order valence-electron chi connectivity index (χ0n) is 17.5. The van der Waals surface area contributed by atoms with Crippen LogP contribution >= 0.6 is 0 Å². The third-order valence-corrected chi connectivity index (χ3v) is 6.29. The third-order valence-electron chi connectivity index (χ3n) is 6.29. The van der Waals surface area contributed by atoms with E-state index in [0.717, 1.165) is 44.1 Å². The topological polar surface area (TPSA) is 52.6 Å². The molecule has 0 radical (unpaired) electrons. The fourth-order valence-corrected chi connectivity index (χ4v) is 5.00. The smallest absolute Gasteiger partial charge is 0.309 e. The molecule has 0 aromatic heterocycles. The van der Waals surface area contributed by atoms with Gasteiger partial charge < -0.3 is 9.47 Å². The summed E-state index contributed by atoms with van der Waals surface area (Å²) in [4.78, 5) is 25.7. The second kappa shape index (κ2) is 8.67. The fraction of sp³-hybridized carbons (Fsp3) is 0.667. The maximum atomic E-state index is 13.0. The van der Waals surface area contributed by atoms with Gasteiger partial charge in [0.15, 0.2) is 0 Å². The Morgan fingerprint density at radius 2 is 1.68 bits per heavy atom. The Labute approximate surface area is 169 Å². The Kier molecular flexibility index (Phi) is 6.47. The van der Waals surface area contributed by atoms with Crippen LogP contribution in [0.15, 0.2) is 30.3 Å². The average Bonchev–Trinajstić information content (AvgIpc) is 2.66. The zero-order valence-corrected chi connectivity index (χ0v) is 17.5. The largest absolute Gasteiger partial charge is 0.461 e. The van der Waals surface area contributed by atoms with Crippen LogP contribution in [0.5, 0.6) is 0 Å². The fourth-order valence-electron chi connectivity index (χ4n) is 5.00. The predicted molar refractivity (Wildman–Crippen MR) is 108 cm³/mol. The van der Waals surface area contributed by atoms with Gasteiger partial charge in [-0.3, -0.25) is 9.59 Å². The molecular weight excluding hydrogens is 352 g/mol. The van der Waals surface area contributed by atoms with Gasteiger partial charge in [0.2, 0.25) is 0 Å². The minimum absolute atomic E-state index is 0.0895. The van der Waals surface area contributed by atoms with Crippen LogP contribution in [0.1, 0.15) is 77.7 Å². The lowest BCUT2D eigenvalue weighted by atomic mass is 9.57. The number of rotatable bonds is 4. The van der Waals surface area contributed by atoms with Crippen molar-refractivity contribution in [2.24, 2.45) is 17.3 Å². The molecule has 0 aliphatic heterocycles. The average molecular weight is 387 g/mol. The molecule has 0 saturated heterocycles. The third kappa shape index (κ3) is 5.15. The van der Waals surface area contributed by atoms with Crippen LogP contribution in [-0.2, 0) is 25.7 Å². The molecule has 28 heavy (non-hydrogen) atoms. The van der Waals surface area contributed by atoms with E-state index in [1.54, 1.807) is 0 Å². The molecule has 0 bridgehead atoms. The van der Waals surface area contributed by atoms with Crippen molar-refractivity contribution in [2.45, 2.75) is 84.3 Å². The summed E-state index contributed by atoms with van der Waals surface area (Å²) in [7, 11) is 0. The van der Waals surface area contributed by atoms with Gasteiger partial charge in [-0.05, 0) is 63.9 Å². The summed E-state index contributed by atoms with van der Waals surface area (Å²) in [6.07, 6.45) is 7.68. The maximum Gasteiger partial charge on any atom is 0.309 e. The van der Waals surface area contributed by atoms with E-state index in [1.807, 2.05) is 51.1 Å². The molecule has 1 aromatic rings. The molecule has 0 N–H and O–H groups in total. The van der Waals surface area contributed by atoms with Crippen molar-refractivity contribution in [1.82, 2.24) is 0 Å². The number of esters is 2. The van der Waals surface area contributed by atoms with E-state index < -0.39 is 5.60 Å². The van der Waals surface area contributed by atoms with Crippen LogP contribution in [-0.4, -0.2) is 17.5 Å². The Bertz CT molecular complexity index is 668. The van der Waals surface area contributed by atoms with Gasteiger partial charge in [0.1, 0.15) is 12.2 Å². The highest BCUT2D eigenvalue weighted by Gasteiger charge is 2.50. The molecule has 1 spiro atoms. The molecule has 154 valence electrons. The Morgan fingerprint density at radius 1 is 1.00 bits per heavy atom. The van der Waals surface area contributed by atoms with Crippen LogP contribution in [0.3, 0.4) is 0 Å². The van der Waals surface area contributed by atoms with Crippen LogP contribution in [0.25, 0.3) is 0 Å². The van der Waals surface area contributed by atoms with Crippen molar-refractivity contribution in [3.63, 3.8) is 0 Å². The summed E-state index contributed by atoms with van der Waals surface area (Å²) >= 11 is 0. The summed E-state index contributed by atoms with van der Waals surface area (Å²) in [6, 6.07) is 9.82. The predicted octanol–water partition coefficient (Wildman–Crippen LogP) is 5.44. The minimum atomic E-state index is -0.470. The molecular formula is C24H34O4. The summed E-state index contributed by atoms with van der Waals surface area (Å²) in [6.45, 7) is 6.05. The lowest BCUT2D eigenvalue weighted by molar-refractivity contribution is -0.171. The molecule has 2 atom stereocenters. The first kappa shape index (κ1) is 20.9. The van der Waals surface area contributed by atoms with Crippen molar-refractivity contribution in [1.29, 1.82) is 0 Å². The van der Waals surface area contributed by atoms with Crippen LogP contribution in [0.4, 0.5) is 0 Å². The maximum absolute atomic E-state index is 13.0. The highest BCUT2D eigenvalue weighted by molar-refractivity contribution is 5.76. The first-order valence-corrected chi connectivity index (χ1v) is 10.7. The number of ether oxygens (including phenoxy) is 2. The SMILES string of the molecule is CC(C)(C)OC(=O)C1CCC(C(=O)OCc2ccccc2)C2(CCCCC2)C1. The van der Waals surface area contributed by atoms with Crippen molar-refractivity contribution < 1.29 is 19.1 Å². The molecule has 4 heteroatoms. The molecule has 4 nitrogen and oxygen atoms in total. The van der Waals surface area contributed by atoms with Crippen molar-refractivity contribution in [2.75, 3.05) is 0 Å². The van der Waals surface area contributed by atoms with Crippen LogP contribution < -0.4 is 0 Å². The van der Waals surface area contributed by atoms with E-state index in [9.17, 15) is 9.59 Å². The summed E-state index contributed by atoms with van der Waals surface area (Å²) in [5, 5.41) is 0. The Morgan fingerprint density at radius 3 is 2.32 bits per heavy atom. The second-order valence-electron chi connectivity index (χ2n) is 9.58. The van der Waals surface area contributed by atoms with Gasteiger partial charge in [-0.2, -0.15) is 0 Å². The van der Waals surface area contributed by atoms with E-state index in [0.29, 0.717) is 13.0 Å². The number of hydrogen-bond donors (Lipinski definition) is 0. The van der Waals surface area contributed by atoms with Gasteiger partial charge in [-0.15, -0.1) is 0 Å². The lowest BCUT2D eigenvalue weighted by Gasteiger charge is -2.47. The first-order chi connectivity index (χ1) is 13.3. The monoisotopic (exact) mass is 386 g/mol. The molecule has 2 aliphatic carbocycles. The molecule has 2 saturated carbocycles. The zero-order chi connectivity index (χ0) is 20.2. The van der Waals surface area contributed by atoms with Crippen LogP contribution in [0, 0.1) is 17.3 Å². The highest BCUT2D eigenvalue weighted by Crippen LogP contribution is 2.53. The Balaban J connectivity index is 1.69. The van der Waals surface area contributed by atoms with E-state index in [1.165, 1.54) is 6.42 Å². The standard InChI is InChI=1S/C24H34O4/c1-23(2,3)28-21(25)19-12-13-20(24(16-19)14-8-5-9-15-24)22(26)27-17-18-10-6-4-7-11-18/h4,6-7,10-11,19-20H,5,8-9,12-17H2,1-3H3. The molecule has 2 aliphatic rings. The summed E-state index contributed by atoms with van der Waals surface area (Å²) in [5.41, 5.74) is 0.435. The minimum Gasteiger partial charge on any atom is -0.461 e. The quantitative estimate of drug-likeness (QED) is 0.647. The van der Waals surface area contributed by atoms with E-state index in [2.05, 4.69) is 0 Å². The Hall–Kier alpha value is -1.84. The van der Waals surface area contributed by atoms with Gasteiger partial charge >= 0.3 is 11.9 Å². The van der Waals surface area contributed by atoms with Crippen molar-refractivity contribution in [3.8, 4) is 0 Å². The normalized spacial score (nSPS) is 24.5. The number of benzene rings is 1. The molecule has 2 fully saturated rings. The first-order valence-electron chi connectivity index (χ1n) is 10.7. The van der Waals surface area contributed by atoms with Gasteiger partial charge in [-0.25, -0.2) is 0 Å². The second-order valence-corrected chi connectivity index (χ2v) is 9.58. The van der Waals surface area contributed by atoms with E-state index in [-0.39, 0.29) is 29.2 Å². The van der Waals surface area contributed by atoms with Gasteiger partial charge in [0.25, 0.3) is 0 Å². The van der Waals surface area contributed by atoms with Crippen molar-refractivity contribution >= 4 is 11.9 Å². The van der Waals surface area contributed by atoms with Crippen LogP contribution in [0.2, 0.25) is 0 Å². The van der Waals surface area contributed by atoms with E-state index >= 15 is 0 Å². The molecule has 0 amide bonds. The van der Waals surface area contributed by atoms with Gasteiger partial charge in [0.05, 0.1) is 11.8 Å². The summed E-state index contributed by atoms with van der Waals surface area (Å²) < 4.78 is 11.4.